The molecule has 0 rings (SSSR count). The fraction of sp³-hybridized carbons (Fsp3) is 0.857. The minimum Gasteiger partial charge on any atom is -0.303 e. The molecule has 0 N–H and O–H groups in total. The molecular formula is C21H40O. The van der Waals surface area contributed by atoms with Crippen molar-refractivity contribution in [3.05, 3.63) is 0 Å². The first-order chi connectivity index (χ1) is 10.8. The quantitative estimate of drug-likeness (QED) is 0.179. The van der Waals surface area contributed by atoms with Gasteiger partial charge in [-0.3, -0.25) is 0 Å². The van der Waals surface area contributed by atoms with Crippen molar-refractivity contribution in [3.63, 3.8) is 0 Å². The van der Waals surface area contributed by atoms with Gasteiger partial charge in [0.25, 0.3) is 0 Å². The van der Waals surface area contributed by atoms with Gasteiger partial charge in [0.1, 0.15) is 6.29 Å². The third-order valence-electron chi connectivity index (χ3n) is 3.84. The standard InChI is InChI=1S/C18H34.C3H6O/c1-3-5-7-9-11-13-15-17-18-16-14-12-10-8-6-4-2;1-2-3-4/h1H,4-18H2,2H3;3H,2H2,1H3. The topological polar surface area (TPSA) is 17.1 Å². The number of hydrogen-bond donors (Lipinski definition) is 0. The summed E-state index contributed by atoms with van der Waals surface area (Å²) in [7, 11) is 0. The molecule has 1 nitrogen and oxygen atoms in total. The minimum atomic E-state index is 0.639. The van der Waals surface area contributed by atoms with Crippen molar-refractivity contribution in [2.24, 2.45) is 0 Å². The molecule has 0 spiro atoms. The molecule has 0 bridgehead atoms. The van der Waals surface area contributed by atoms with Crippen LogP contribution < -0.4 is 0 Å². The first-order valence-corrected chi connectivity index (χ1v) is 9.70. The molecule has 0 aliphatic carbocycles. The Labute approximate surface area is 140 Å². The van der Waals surface area contributed by atoms with Crippen molar-refractivity contribution < 1.29 is 4.79 Å². The number of terminal acetylenes is 1. The van der Waals surface area contributed by atoms with Crippen molar-refractivity contribution in [1.29, 1.82) is 0 Å². The van der Waals surface area contributed by atoms with Gasteiger partial charge in [0, 0.05) is 12.8 Å². The number of carbonyl (C=O) groups excluding carboxylic acids is 1. The average molecular weight is 309 g/mol. The molecule has 0 saturated heterocycles. The molecule has 1 heteroatoms. The van der Waals surface area contributed by atoms with E-state index >= 15 is 0 Å². The van der Waals surface area contributed by atoms with E-state index in [1.807, 2.05) is 6.92 Å². The van der Waals surface area contributed by atoms with Crippen LogP contribution in [-0.2, 0) is 4.79 Å². The second kappa shape index (κ2) is 25.2. The molecule has 130 valence electrons. The summed E-state index contributed by atoms with van der Waals surface area (Å²) in [6.45, 7) is 4.10. The summed E-state index contributed by atoms with van der Waals surface area (Å²) in [6, 6.07) is 0. The lowest BCUT2D eigenvalue weighted by molar-refractivity contribution is -0.107. The third kappa shape index (κ3) is 27.6. The van der Waals surface area contributed by atoms with Crippen molar-refractivity contribution in [3.8, 4) is 12.3 Å². The predicted molar refractivity (Wildman–Crippen MR) is 100 cm³/mol. The summed E-state index contributed by atoms with van der Waals surface area (Å²) in [6.07, 6.45) is 27.5. The minimum absolute atomic E-state index is 0.639. The molecule has 0 aromatic rings. The van der Waals surface area contributed by atoms with Gasteiger partial charge in [-0.2, -0.15) is 0 Å². The second-order valence-corrected chi connectivity index (χ2v) is 6.13. The molecule has 0 amide bonds. The summed E-state index contributed by atoms with van der Waals surface area (Å²) in [5.74, 6) is 2.71. The Morgan fingerprint density at radius 1 is 0.682 bits per heavy atom. The largest absolute Gasteiger partial charge is 0.303 e. The molecule has 0 fully saturated rings. The number of carbonyl (C=O) groups is 1. The van der Waals surface area contributed by atoms with Crippen LogP contribution >= 0.6 is 0 Å². The Bertz CT molecular complexity index is 227. The maximum absolute atomic E-state index is 9.17. The van der Waals surface area contributed by atoms with Gasteiger partial charge in [0.15, 0.2) is 0 Å². The van der Waals surface area contributed by atoms with Crippen LogP contribution in [0.25, 0.3) is 0 Å². The lowest BCUT2D eigenvalue weighted by Crippen LogP contribution is -1.83. The molecule has 0 aromatic heterocycles. The normalized spacial score (nSPS) is 9.68. The second-order valence-electron chi connectivity index (χ2n) is 6.13. The fourth-order valence-electron chi connectivity index (χ4n) is 2.42. The van der Waals surface area contributed by atoms with Crippen molar-refractivity contribution in [2.75, 3.05) is 0 Å². The number of aldehydes is 1. The van der Waals surface area contributed by atoms with E-state index in [1.165, 1.54) is 89.9 Å². The average Bonchev–Trinajstić information content (AvgIpc) is 2.55. The maximum atomic E-state index is 9.17. The highest BCUT2D eigenvalue weighted by atomic mass is 16.1. The van der Waals surface area contributed by atoms with E-state index in [0.29, 0.717) is 6.42 Å². The summed E-state index contributed by atoms with van der Waals surface area (Å²) in [5.41, 5.74) is 0. The smallest absolute Gasteiger partial charge is 0.119 e. The first-order valence-electron chi connectivity index (χ1n) is 9.70. The van der Waals surface area contributed by atoms with Crippen LogP contribution in [0.15, 0.2) is 0 Å². The highest BCUT2D eigenvalue weighted by Crippen LogP contribution is 2.13. The fourth-order valence-corrected chi connectivity index (χ4v) is 2.42. The molecule has 0 unspecified atom stereocenters. The maximum Gasteiger partial charge on any atom is 0.119 e. The highest BCUT2D eigenvalue weighted by Gasteiger charge is 1.93. The van der Waals surface area contributed by atoms with E-state index in [1.54, 1.807) is 0 Å². The zero-order valence-corrected chi connectivity index (χ0v) is 15.4. The zero-order valence-electron chi connectivity index (χ0n) is 15.4. The Balaban J connectivity index is 0. The van der Waals surface area contributed by atoms with Gasteiger partial charge in [-0.25, -0.2) is 0 Å². The van der Waals surface area contributed by atoms with Crippen molar-refractivity contribution in [2.45, 2.75) is 117 Å². The van der Waals surface area contributed by atoms with Gasteiger partial charge >= 0.3 is 0 Å². The first kappa shape index (κ1) is 23.5. The summed E-state index contributed by atoms with van der Waals surface area (Å²) < 4.78 is 0. The Hall–Kier alpha value is -0.770. The van der Waals surface area contributed by atoms with E-state index in [-0.39, 0.29) is 0 Å². The Morgan fingerprint density at radius 3 is 1.27 bits per heavy atom. The van der Waals surface area contributed by atoms with Gasteiger partial charge in [-0.05, 0) is 6.42 Å². The van der Waals surface area contributed by atoms with Crippen molar-refractivity contribution >= 4 is 6.29 Å². The molecule has 0 radical (unpaired) electrons. The van der Waals surface area contributed by atoms with Gasteiger partial charge in [-0.15, -0.1) is 12.3 Å². The Morgan fingerprint density at radius 2 is 1.00 bits per heavy atom. The predicted octanol–water partition coefficient (Wildman–Crippen LogP) is 7.09. The lowest BCUT2D eigenvalue weighted by atomic mass is 10.0. The SMILES string of the molecule is C#CCCCCCCCCCCCCCCCC.CCC=O. The molecule has 0 aliphatic heterocycles. The molecule has 0 aromatic carbocycles. The zero-order chi connectivity index (χ0) is 16.7. The van der Waals surface area contributed by atoms with E-state index in [9.17, 15) is 4.79 Å². The van der Waals surface area contributed by atoms with Crippen LogP contribution in [0.3, 0.4) is 0 Å². The van der Waals surface area contributed by atoms with Crippen LogP contribution in [0.1, 0.15) is 117 Å². The molecule has 22 heavy (non-hydrogen) atoms. The van der Waals surface area contributed by atoms with Crippen LogP contribution in [0.2, 0.25) is 0 Å². The van der Waals surface area contributed by atoms with E-state index in [2.05, 4.69) is 12.8 Å². The monoisotopic (exact) mass is 308 g/mol. The van der Waals surface area contributed by atoms with Gasteiger partial charge in [0.05, 0.1) is 0 Å². The van der Waals surface area contributed by atoms with E-state index in [4.69, 9.17) is 6.42 Å². The highest BCUT2D eigenvalue weighted by molar-refractivity contribution is 5.48. The molecule has 0 atom stereocenters. The number of hydrogen-bond acceptors (Lipinski definition) is 1. The van der Waals surface area contributed by atoms with Crippen LogP contribution in [0.5, 0.6) is 0 Å². The van der Waals surface area contributed by atoms with E-state index < -0.39 is 0 Å². The molecular weight excluding hydrogens is 268 g/mol. The van der Waals surface area contributed by atoms with Gasteiger partial charge in [-0.1, -0.05) is 97.3 Å². The van der Waals surface area contributed by atoms with Gasteiger partial charge in [0.2, 0.25) is 0 Å². The van der Waals surface area contributed by atoms with E-state index in [0.717, 1.165) is 12.7 Å². The lowest BCUT2D eigenvalue weighted by Gasteiger charge is -2.02. The Kier molecular flexibility index (Phi) is 26.9. The number of rotatable bonds is 15. The molecule has 0 aliphatic rings. The van der Waals surface area contributed by atoms with Crippen LogP contribution in [-0.4, -0.2) is 6.29 Å². The summed E-state index contributed by atoms with van der Waals surface area (Å²) in [4.78, 5) is 9.17. The molecule has 0 saturated carbocycles. The van der Waals surface area contributed by atoms with Crippen molar-refractivity contribution in [1.82, 2.24) is 0 Å². The summed E-state index contributed by atoms with van der Waals surface area (Å²) in [5, 5.41) is 0. The summed E-state index contributed by atoms with van der Waals surface area (Å²) >= 11 is 0. The van der Waals surface area contributed by atoms with Crippen LogP contribution in [0.4, 0.5) is 0 Å². The third-order valence-corrected chi connectivity index (χ3v) is 3.84. The number of unbranched alkanes of at least 4 members (excludes halogenated alkanes) is 14. The van der Waals surface area contributed by atoms with Gasteiger partial charge < -0.3 is 4.79 Å². The van der Waals surface area contributed by atoms with Crippen LogP contribution in [0, 0.1) is 12.3 Å². The molecule has 0 heterocycles.